The van der Waals surface area contributed by atoms with Crippen LogP contribution in [0, 0.1) is 5.92 Å². The van der Waals surface area contributed by atoms with Gasteiger partial charge in [-0.15, -0.1) is 0 Å². The summed E-state index contributed by atoms with van der Waals surface area (Å²) in [4.78, 5) is 23.2. The number of aliphatic carboxylic acids is 1. The van der Waals surface area contributed by atoms with E-state index in [4.69, 9.17) is 0 Å². The van der Waals surface area contributed by atoms with Crippen LogP contribution in [0.15, 0.2) is 30.3 Å². The quantitative estimate of drug-likeness (QED) is 0.858. The standard InChI is InChI=1S/C14H17NO3S/c16-13(11-6-7-19-9-11)15-12(14(17)18)8-10-4-2-1-3-5-10/h1-5,11-12H,6-9H2,(H,15,16)(H,17,18)/t11?,12-/m0/s1. The number of rotatable bonds is 5. The van der Waals surface area contributed by atoms with E-state index in [9.17, 15) is 14.7 Å². The maximum atomic E-state index is 12.0. The predicted octanol–water partition coefficient (Wildman–Crippen LogP) is 1.55. The minimum Gasteiger partial charge on any atom is -0.480 e. The molecular formula is C14H17NO3S. The second-order valence-electron chi connectivity index (χ2n) is 4.65. The van der Waals surface area contributed by atoms with Crippen LogP contribution in [0.1, 0.15) is 12.0 Å². The molecule has 1 aromatic carbocycles. The topological polar surface area (TPSA) is 66.4 Å². The minimum atomic E-state index is -0.983. The van der Waals surface area contributed by atoms with Crippen LogP contribution in [0.3, 0.4) is 0 Å². The van der Waals surface area contributed by atoms with Gasteiger partial charge in [0.15, 0.2) is 0 Å². The fraction of sp³-hybridized carbons (Fsp3) is 0.429. The predicted molar refractivity (Wildman–Crippen MR) is 75.1 cm³/mol. The van der Waals surface area contributed by atoms with Crippen molar-refractivity contribution in [3.63, 3.8) is 0 Å². The van der Waals surface area contributed by atoms with Gasteiger partial charge < -0.3 is 10.4 Å². The molecule has 0 saturated carbocycles. The Bertz CT molecular complexity index is 443. The molecule has 2 N–H and O–H groups in total. The van der Waals surface area contributed by atoms with Crippen molar-refractivity contribution in [3.8, 4) is 0 Å². The summed E-state index contributed by atoms with van der Waals surface area (Å²) >= 11 is 1.74. The van der Waals surface area contributed by atoms with Gasteiger partial charge in [0.05, 0.1) is 0 Å². The van der Waals surface area contributed by atoms with E-state index in [1.165, 1.54) is 0 Å². The summed E-state index contributed by atoms with van der Waals surface area (Å²) in [6, 6.07) is 8.50. The lowest BCUT2D eigenvalue weighted by molar-refractivity contribution is -0.142. The molecule has 0 bridgehead atoms. The number of carbonyl (C=O) groups is 2. The van der Waals surface area contributed by atoms with Crippen molar-refractivity contribution in [2.24, 2.45) is 5.92 Å². The summed E-state index contributed by atoms with van der Waals surface area (Å²) in [5.74, 6) is 0.622. The molecule has 19 heavy (non-hydrogen) atoms. The number of carboxylic acids is 1. The lowest BCUT2D eigenvalue weighted by atomic mass is 10.0. The Morgan fingerprint density at radius 2 is 2.11 bits per heavy atom. The van der Waals surface area contributed by atoms with Crippen LogP contribution in [0.4, 0.5) is 0 Å². The molecule has 0 aromatic heterocycles. The Balaban J connectivity index is 1.96. The molecule has 5 heteroatoms. The lowest BCUT2D eigenvalue weighted by Gasteiger charge is -2.17. The molecular weight excluding hydrogens is 262 g/mol. The van der Waals surface area contributed by atoms with Crippen molar-refractivity contribution in [1.29, 1.82) is 0 Å². The van der Waals surface area contributed by atoms with Crippen LogP contribution in [0.2, 0.25) is 0 Å². The van der Waals surface area contributed by atoms with Crippen molar-refractivity contribution in [1.82, 2.24) is 5.32 Å². The third-order valence-electron chi connectivity index (χ3n) is 3.20. The molecule has 102 valence electrons. The zero-order valence-corrected chi connectivity index (χ0v) is 11.4. The Morgan fingerprint density at radius 3 is 2.68 bits per heavy atom. The average Bonchev–Trinajstić information content (AvgIpc) is 2.93. The van der Waals surface area contributed by atoms with Crippen LogP contribution >= 0.6 is 11.8 Å². The summed E-state index contributed by atoms with van der Waals surface area (Å²) in [5, 5.41) is 11.9. The second-order valence-corrected chi connectivity index (χ2v) is 5.80. The van der Waals surface area contributed by atoms with Crippen molar-refractivity contribution in [3.05, 3.63) is 35.9 Å². The van der Waals surface area contributed by atoms with Gasteiger partial charge in [0.1, 0.15) is 6.04 Å². The normalized spacial score (nSPS) is 19.9. The zero-order valence-electron chi connectivity index (χ0n) is 10.5. The van der Waals surface area contributed by atoms with Crippen LogP contribution in [0.5, 0.6) is 0 Å². The highest BCUT2D eigenvalue weighted by molar-refractivity contribution is 7.99. The van der Waals surface area contributed by atoms with E-state index < -0.39 is 12.0 Å². The van der Waals surface area contributed by atoms with Gasteiger partial charge in [0.25, 0.3) is 0 Å². The first kappa shape index (κ1) is 13.9. The molecule has 0 spiro atoms. The third-order valence-corrected chi connectivity index (χ3v) is 4.36. The molecule has 1 saturated heterocycles. The van der Waals surface area contributed by atoms with Gasteiger partial charge in [-0.25, -0.2) is 4.79 Å². The van der Waals surface area contributed by atoms with Crippen molar-refractivity contribution >= 4 is 23.6 Å². The number of hydrogen-bond acceptors (Lipinski definition) is 3. The van der Waals surface area contributed by atoms with E-state index >= 15 is 0 Å². The largest absolute Gasteiger partial charge is 0.480 e. The summed E-state index contributed by atoms with van der Waals surface area (Å²) in [6.45, 7) is 0. The van der Waals surface area contributed by atoms with E-state index in [2.05, 4.69) is 5.32 Å². The number of thioether (sulfide) groups is 1. The molecule has 2 rings (SSSR count). The van der Waals surface area contributed by atoms with Gasteiger partial charge in [-0.3, -0.25) is 4.79 Å². The second kappa shape index (κ2) is 6.61. The van der Waals surface area contributed by atoms with E-state index in [0.29, 0.717) is 6.42 Å². The highest BCUT2D eigenvalue weighted by Crippen LogP contribution is 2.23. The van der Waals surface area contributed by atoms with Crippen molar-refractivity contribution in [2.45, 2.75) is 18.9 Å². The minimum absolute atomic E-state index is 0.0392. The first-order valence-corrected chi connectivity index (χ1v) is 7.47. The zero-order chi connectivity index (χ0) is 13.7. The number of carboxylic acid groups (broad SMARTS) is 1. The molecule has 1 amide bonds. The van der Waals surface area contributed by atoms with Crippen LogP contribution in [0.25, 0.3) is 0 Å². The Kier molecular flexibility index (Phi) is 4.85. The van der Waals surface area contributed by atoms with Gasteiger partial charge in [-0.05, 0) is 17.7 Å². The molecule has 1 heterocycles. The summed E-state index contributed by atoms with van der Waals surface area (Å²) < 4.78 is 0. The van der Waals surface area contributed by atoms with Crippen LogP contribution in [-0.4, -0.2) is 34.5 Å². The summed E-state index contributed by atoms with van der Waals surface area (Å²) in [6.07, 6.45) is 1.16. The smallest absolute Gasteiger partial charge is 0.326 e. The van der Waals surface area contributed by atoms with Gasteiger partial charge in [-0.1, -0.05) is 30.3 Å². The van der Waals surface area contributed by atoms with Gasteiger partial charge in [0.2, 0.25) is 5.91 Å². The van der Waals surface area contributed by atoms with E-state index in [-0.39, 0.29) is 11.8 Å². The van der Waals surface area contributed by atoms with E-state index in [0.717, 1.165) is 23.5 Å². The molecule has 1 unspecified atom stereocenters. The number of amides is 1. The highest BCUT2D eigenvalue weighted by atomic mass is 32.2. The molecule has 0 radical (unpaired) electrons. The molecule has 1 aliphatic rings. The molecule has 1 fully saturated rings. The molecule has 4 nitrogen and oxygen atoms in total. The monoisotopic (exact) mass is 279 g/mol. The fourth-order valence-electron chi connectivity index (χ4n) is 2.08. The lowest BCUT2D eigenvalue weighted by Crippen LogP contribution is -2.45. The van der Waals surface area contributed by atoms with Crippen LogP contribution in [-0.2, 0) is 16.0 Å². The maximum Gasteiger partial charge on any atom is 0.326 e. The number of benzene rings is 1. The fourth-order valence-corrected chi connectivity index (χ4v) is 3.30. The molecule has 0 aliphatic carbocycles. The van der Waals surface area contributed by atoms with Crippen LogP contribution < -0.4 is 5.32 Å². The third kappa shape index (κ3) is 3.99. The average molecular weight is 279 g/mol. The molecule has 1 aromatic rings. The van der Waals surface area contributed by atoms with Gasteiger partial charge >= 0.3 is 5.97 Å². The van der Waals surface area contributed by atoms with Crippen molar-refractivity contribution in [2.75, 3.05) is 11.5 Å². The van der Waals surface area contributed by atoms with Gasteiger partial charge in [0, 0.05) is 18.1 Å². The first-order chi connectivity index (χ1) is 9.16. The summed E-state index contributed by atoms with van der Waals surface area (Å²) in [7, 11) is 0. The highest BCUT2D eigenvalue weighted by Gasteiger charge is 2.27. The van der Waals surface area contributed by atoms with E-state index in [1.54, 1.807) is 11.8 Å². The van der Waals surface area contributed by atoms with Crippen molar-refractivity contribution < 1.29 is 14.7 Å². The number of nitrogens with one attached hydrogen (secondary N) is 1. The first-order valence-electron chi connectivity index (χ1n) is 6.31. The van der Waals surface area contributed by atoms with E-state index in [1.807, 2.05) is 30.3 Å². The number of carbonyl (C=O) groups excluding carboxylic acids is 1. The molecule has 2 atom stereocenters. The SMILES string of the molecule is O=C(N[C@@H](Cc1ccccc1)C(=O)O)C1CCSC1. The van der Waals surface area contributed by atoms with Gasteiger partial charge in [-0.2, -0.15) is 11.8 Å². The summed E-state index contributed by atoms with van der Waals surface area (Å²) in [5.41, 5.74) is 0.913. The Hall–Kier alpha value is -1.49. The maximum absolute atomic E-state index is 12.0. The Labute approximate surface area is 116 Å². The molecule has 1 aliphatic heterocycles. The number of hydrogen-bond donors (Lipinski definition) is 2. The Morgan fingerprint density at radius 1 is 1.37 bits per heavy atom.